The van der Waals surface area contributed by atoms with Crippen LogP contribution in [-0.2, 0) is 23.0 Å². The second-order valence-corrected chi connectivity index (χ2v) is 10.1. The lowest BCUT2D eigenvalue weighted by Gasteiger charge is -2.12. The predicted octanol–water partition coefficient (Wildman–Crippen LogP) is 4.83. The highest BCUT2D eigenvalue weighted by atomic mass is 32.2. The van der Waals surface area contributed by atoms with E-state index in [-0.39, 0.29) is 10.8 Å². The van der Waals surface area contributed by atoms with Gasteiger partial charge >= 0.3 is 0 Å². The second kappa shape index (κ2) is 10.1. The summed E-state index contributed by atoms with van der Waals surface area (Å²) in [5, 5.41) is 5.54. The molecule has 1 aromatic heterocycles. The summed E-state index contributed by atoms with van der Waals surface area (Å²) in [6.45, 7) is 6.11. The lowest BCUT2D eigenvalue weighted by Crippen LogP contribution is -2.24. The molecule has 3 rings (SSSR count). The highest BCUT2D eigenvalue weighted by Crippen LogP contribution is 2.20. The molecule has 2 N–H and O–H groups in total. The Kier molecular flexibility index (Phi) is 7.46. The number of rotatable bonds is 9. The van der Waals surface area contributed by atoms with Crippen LogP contribution in [-0.4, -0.2) is 19.3 Å². The smallest absolute Gasteiger partial charge is 0.261 e. The summed E-state index contributed by atoms with van der Waals surface area (Å²) >= 11 is 1.47. The lowest BCUT2D eigenvalue weighted by molar-refractivity contribution is 0.0950. The monoisotopic (exact) mass is 457 g/mol. The molecule has 0 saturated heterocycles. The molecule has 0 aliphatic carbocycles. The van der Waals surface area contributed by atoms with E-state index < -0.39 is 10.0 Å². The normalized spacial score (nSPS) is 11.3. The molecule has 0 spiro atoms. The summed E-state index contributed by atoms with van der Waals surface area (Å²) in [6.07, 6.45) is 3.18. The molecule has 1 heterocycles. The van der Waals surface area contributed by atoms with Crippen LogP contribution in [0.1, 0.15) is 52.0 Å². The minimum absolute atomic E-state index is 0.0448. The van der Waals surface area contributed by atoms with Crippen molar-refractivity contribution in [3.63, 3.8) is 0 Å². The van der Waals surface area contributed by atoms with Gasteiger partial charge in [-0.1, -0.05) is 31.5 Å². The Bertz CT molecular complexity index is 1150. The zero-order valence-electron chi connectivity index (χ0n) is 17.9. The fourth-order valence-electron chi connectivity index (χ4n) is 3.08. The van der Waals surface area contributed by atoms with E-state index in [1.807, 2.05) is 24.4 Å². The van der Waals surface area contributed by atoms with E-state index in [1.54, 1.807) is 25.1 Å². The number of hydrogen-bond donors (Lipinski definition) is 2. The number of sulfonamides is 1. The van der Waals surface area contributed by atoms with Crippen molar-refractivity contribution in [3.8, 4) is 0 Å². The Morgan fingerprint density at radius 3 is 2.48 bits per heavy atom. The van der Waals surface area contributed by atoms with Crippen LogP contribution in [0.15, 0.2) is 52.7 Å². The van der Waals surface area contributed by atoms with Crippen LogP contribution < -0.4 is 10.0 Å². The van der Waals surface area contributed by atoms with Gasteiger partial charge in [0, 0.05) is 22.3 Å². The van der Waals surface area contributed by atoms with Crippen LogP contribution in [0, 0.1) is 13.8 Å². The maximum Gasteiger partial charge on any atom is 0.261 e. The van der Waals surface area contributed by atoms with Crippen molar-refractivity contribution < 1.29 is 13.2 Å². The predicted molar refractivity (Wildman–Crippen MR) is 125 cm³/mol. The highest BCUT2D eigenvalue weighted by molar-refractivity contribution is 7.92. The van der Waals surface area contributed by atoms with Gasteiger partial charge in [-0.05, 0) is 62.1 Å². The van der Waals surface area contributed by atoms with Gasteiger partial charge in [-0.3, -0.25) is 9.52 Å². The molecule has 0 unspecified atom stereocenters. The van der Waals surface area contributed by atoms with Gasteiger partial charge in [0.25, 0.3) is 15.9 Å². The van der Waals surface area contributed by atoms with Gasteiger partial charge in [0.1, 0.15) is 5.01 Å². The van der Waals surface area contributed by atoms with E-state index in [2.05, 4.69) is 21.9 Å². The number of carbonyl (C=O) groups is 1. The first-order valence-electron chi connectivity index (χ1n) is 10.2. The molecule has 8 heteroatoms. The number of thiazole rings is 1. The maximum absolute atomic E-state index is 12.9. The van der Waals surface area contributed by atoms with Crippen molar-refractivity contribution in [2.75, 3.05) is 4.72 Å². The summed E-state index contributed by atoms with van der Waals surface area (Å²) in [5.74, 6) is -0.331. The zero-order chi connectivity index (χ0) is 22.4. The Labute approximate surface area is 187 Å². The molecule has 0 saturated carbocycles. The number of hydrogen-bond acceptors (Lipinski definition) is 5. The van der Waals surface area contributed by atoms with E-state index in [9.17, 15) is 13.2 Å². The standard InChI is InChI=1S/C23H27N3O3S2/c1-4-5-6-18-8-10-19(11-9-18)26-31(28,29)20-12-7-16(2)21(13-20)23(27)24-14-22-25-17(3)15-30-22/h7-13,15,26H,4-6,14H2,1-3H3,(H,24,27). The molecular weight excluding hydrogens is 430 g/mol. The molecule has 0 aliphatic heterocycles. The fourth-order valence-corrected chi connectivity index (χ4v) is 4.88. The van der Waals surface area contributed by atoms with Crippen LogP contribution in [0.3, 0.4) is 0 Å². The average molecular weight is 458 g/mol. The first kappa shape index (κ1) is 23.0. The summed E-state index contributed by atoms with van der Waals surface area (Å²) in [6, 6.07) is 12.0. The number of unbranched alkanes of at least 4 members (excludes halogenated alkanes) is 1. The topological polar surface area (TPSA) is 88.2 Å². The average Bonchev–Trinajstić information content (AvgIpc) is 3.16. The molecule has 31 heavy (non-hydrogen) atoms. The molecule has 0 fully saturated rings. The SMILES string of the molecule is CCCCc1ccc(NS(=O)(=O)c2ccc(C)c(C(=O)NCc3nc(C)cs3)c2)cc1. The Hall–Kier alpha value is -2.71. The van der Waals surface area contributed by atoms with Gasteiger partial charge in [0.05, 0.1) is 11.4 Å². The zero-order valence-corrected chi connectivity index (χ0v) is 19.6. The summed E-state index contributed by atoms with van der Waals surface area (Å²) < 4.78 is 28.3. The van der Waals surface area contributed by atoms with Gasteiger partial charge < -0.3 is 5.32 Å². The van der Waals surface area contributed by atoms with Crippen LogP contribution in [0.25, 0.3) is 0 Å². The van der Waals surface area contributed by atoms with Crippen molar-refractivity contribution in [2.24, 2.45) is 0 Å². The largest absolute Gasteiger partial charge is 0.346 e. The first-order chi connectivity index (χ1) is 14.8. The minimum atomic E-state index is -3.82. The van der Waals surface area contributed by atoms with Gasteiger partial charge in [-0.15, -0.1) is 11.3 Å². The molecule has 2 aromatic carbocycles. The summed E-state index contributed by atoms with van der Waals surface area (Å²) in [5.41, 5.74) is 3.60. The number of nitrogens with one attached hydrogen (secondary N) is 2. The van der Waals surface area contributed by atoms with Gasteiger partial charge in [-0.2, -0.15) is 0 Å². The van der Waals surface area contributed by atoms with Crippen LogP contribution in [0.4, 0.5) is 5.69 Å². The van der Waals surface area contributed by atoms with E-state index in [0.717, 1.165) is 30.0 Å². The number of aromatic nitrogens is 1. The number of nitrogens with zero attached hydrogens (tertiary/aromatic N) is 1. The second-order valence-electron chi connectivity index (χ2n) is 7.45. The van der Waals surface area contributed by atoms with Gasteiger partial charge in [0.15, 0.2) is 0 Å². The van der Waals surface area contributed by atoms with E-state index in [1.165, 1.54) is 29.0 Å². The van der Waals surface area contributed by atoms with Crippen molar-refractivity contribution >= 4 is 33.0 Å². The van der Waals surface area contributed by atoms with Crippen molar-refractivity contribution in [2.45, 2.75) is 51.5 Å². The Balaban J connectivity index is 1.73. The molecule has 0 aliphatic rings. The fraction of sp³-hybridized carbons (Fsp3) is 0.304. The van der Waals surface area contributed by atoms with Crippen LogP contribution in [0.5, 0.6) is 0 Å². The third kappa shape index (κ3) is 6.15. The van der Waals surface area contributed by atoms with Gasteiger partial charge in [0.2, 0.25) is 0 Å². The third-order valence-electron chi connectivity index (χ3n) is 4.86. The third-order valence-corrected chi connectivity index (χ3v) is 7.20. The highest BCUT2D eigenvalue weighted by Gasteiger charge is 2.18. The van der Waals surface area contributed by atoms with Crippen LogP contribution >= 0.6 is 11.3 Å². The Morgan fingerprint density at radius 2 is 1.84 bits per heavy atom. The number of carbonyl (C=O) groups excluding carboxylic acids is 1. The number of amides is 1. The first-order valence-corrected chi connectivity index (χ1v) is 12.6. The molecule has 0 atom stereocenters. The summed E-state index contributed by atoms with van der Waals surface area (Å²) in [7, 11) is -3.82. The molecule has 1 amide bonds. The molecule has 0 radical (unpaired) electrons. The van der Waals surface area contributed by atoms with Crippen molar-refractivity contribution in [3.05, 3.63) is 75.2 Å². The quantitative estimate of drug-likeness (QED) is 0.482. The van der Waals surface area contributed by atoms with E-state index >= 15 is 0 Å². The molecule has 6 nitrogen and oxygen atoms in total. The van der Waals surface area contributed by atoms with Crippen molar-refractivity contribution in [1.82, 2.24) is 10.3 Å². The van der Waals surface area contributed by atoms with Crippen molar-refractivity contribution in [1.29, 1.82) is 0 Å². The number of aryl methyl sites for hydroxylation is 3. The van der Waals surface area contributed by atoms with Crippen LogP contribution in [0.2, 0.25) is 0 Å². The number of benzene rings is 2. The Morgan fingerprint density at radius 1 is 1.10 bits per heavy atom. The molecule has 3 aromatic rings. The molecular formula is C23H27N3O3S2. The van der Waals surface area contributed by atoms with Gasteiger partial charge in [-0.25, -0.2) is 13.4 Å². The molecule has 0 bridgehead atoms. The lowest BCUT2D eigenvalue weighted by atomic mass is 10.1. The molecule has 164 valence electrons. The van der Waals surface area contributed by atoms with E-state index in [4.69, 9.17) is 0 Å². The summed E-state index contributed by atoms with van der Waals surface area (Å²) in [4.78, 5) is 17.0. The minimum Gasteiger partial charge on any atom is -0.346 e. The van der Waals surface area contributed by atoms with E-state index in [0.29, 0.717) is 23.4 Å². The maximum atomic E-state index is 12.9. The number of anilines is 1.